The molecule has 2 N–H and O–H groups in total. The SMILES string of the molecule is O=C(CC1CCc2ccccc21)NCCCNC(=O)c1cccc(Br)c1. The van der Waals surface area contributed by atoms with Gasteiger partial charge in [-0.3, -0.25) is 9.59 Å². The predicted molar refractivity (Wildman–Crippen MR) is 106 cm³/mol. The average Bonchev–Trinajstić information content (AvgIpc) is 3.04. The van der Waals surface area contributed by atoms with E-state index in [9.17, 15) is 9.59 Å². The smallest absolute Gasteiger partial charge is 0.251 e. The van der Waals surface area contributed by atoms with Crippen LogP contribution >= 0.6 is 15.9 Å². The van der Waals surface area contributed by atoms with Gasteiger partial charge in [-0.05, 0) is 54.5 Å². The second-order valence-corrected chi connectivity index (χ2v) is 7.52. The Hall–Kier alpha value is -2.14. The highest BCUT2D eigenvalue weighted by molar-refractivity contribution is 9.10. The van der Waals surface area contributed by atoms with Crippen molar-refractivity contribution < 1.29 is 9.59 Å². The zero-order valence-corrected chi connectivity index (χ0v) is 16.2. The molecular formula is C21H23BrN2O2. The Labute approximate surface area is 162 Å². The first-order valence-corrected chi connectivity index (χ1v) is 9.81. The normalized spacial score (nSPS) is 15.3. The van der Waals surface area contributed by atoms with Crippen molar-refractivity contribution in [1.29, 1.82) is 0 Å². The molecule has 0 radical (unpaired) electrons. The van der Waals surface area contributed by atoms with Crippen LogP contribution in [0.4, 0.5) is 0 Å². The van der Waals surface area contributed by atoms with Gasteiger partial charge in [0.15, 0.2) is 0 Å². The van der Waals surface area contributed by atoms with Gasteiger partial charge >= 0.3 is 0 Å². The van der Waals surface area contributed by atoms with E-state index in [0.717, 1.165) is 17.3 Å². The monoisotopic (exact) mass is 414 g/mol. The lowest BCUT2D eigenvalue weighted by Crippen LogP contribution is -2.30. The number of benzene rings is 2. The van der Waals surface area contributed by atoms with Crippen molar-refractivity contribution in [2.45, 2.75) is 31.6 Å². The van der Waals surface area contributed by atoms with Gasteiger partial charge in [-0.2, -0.15) is 0 Å². The number of aryl methyl sites for hydroxylation is 1. The largest absolute Gasteiger partial charge is 0.356 e. The lowest BCUT2D eigenvalue weighted by molar-refractivity contribution is -0.121. The molecule has 3 rings (SSSR count). The summed E-state index contributed by atoms with van der Waals surface area (Å²) in [5.41, 5.74) is 3.33. The standard InChI is InChI=1S/C21H23BrN2O2/c22-18-7-3-6-17(13-18)21(26)24-12-4-11-23-20(25)14-16-10-9-15-5-1-2-8-19(15)16/h1-3,5-8,13,16H,4,9-12,14H2,(H,23,25)(H,24,26). The molecule has 1 atom stereocenters. The summed E-state index contributed by atoms with van der Waals surface area (Å²) in [7, 11) is 0. The van der Waals surface area contributed by atoms with Crippen molar-refractivity contribution in [3.63, 3.8) is 0 Å². The number of halogens is 1. The molecule has 0 spiro atoms. The Morgan fingerprint density at radius 3 is 2.69 bits per heavy atom. The molecule has 2 aromatic rings. The summed E-state index contributed by atoms with van der Waals surface area (Å²) in [6.45, 7) is 1.11. The number of hydrogen-bond donors (Lipinski definition) is 2. The summed E-state index contributed by atoms with van der Waals surface area (Å²) in [4.78, 5) is 24.2. The van der Waals surface area contributed by atoms with Crippen molar-refractivity contribution in [3.05, 3.63) is 69.7 Å². The zero-order chi connectivity index (χ0) is 18.4. The van der Waals surface area contributed by atoms with Crippen LogP contribution in [-0.4, -0.2) is 24.9 Å². The number of carbonyl (C=O) groups is 2. The molecule has 2 amide bonds. The fourth-order valence-electron chi connectivity index (χ4n) is 3.40. The molecule has 5 heteroatoms. The van der Waals surface area contributed by atoms with Crippen LogP contribution in [0.25, 0.3) is 0 Å². The van der Waals surface area contributed by atoms with E-state index in [1.165, 1.54) is 11.1 Å². The van der Waals surface area contributed by atoms with E-state index < -0.39 is 0 Å². The molecule has 2 aromatic carbocycles. The highest BCUT2D eigenvalue weighted by Crippen LogP contribution is 2.34. The predicted octanol–water partition coefficient (Wildman–Crippen LogP) is 3.81. The van der Waals surface area contributed by atoms with Gasteiger partial charge in [-0.1, -0.05) is 46.3 Å². The molecule has 136 valence electrons. The summed E-state index contributed by atoms with van der Waals surface area (Å²) in [5, 5.41) is 5.84. The van der Waals surface area contributed by atoms with Crippen LogP contribution in [0.5, 0.6) is 0 Å². The first kappa shape index (κ1) is 18.6. The van der Waals surface area contributed by atoms with E-state index >= 15 is 0 Å². The molecule has 4 nitrogen and oxygen atoms in total. The minimum absolute atomic E-state index is 0.0880. The maximum Gasteiger partial charge on any atom is 0.251 e. The lowest BCUT2D eigenvalue weighted by atomic mass is 9.97. The average molecular weight is 415 g/mol. The molecule has 0 saturated heterocycles. The van der Waals surface area contributed by atoms with Crippen LogP contribution in [0.3, 0.4) is 0 Å². The zero-order valence-electron chi connectivity index (χ0n) is 14.6. The third kappa shape index (κ3) is 4.94. The summed E-state index contributed by atoms with van der Waals surface area (Å²) in [6.07, 6.45) is 3.37. The second-order valence-electron chi connectivity index (χ2n) is 6.61. The number of carbonyl (C=O) groups excluding carboxylic acids is 2. The quantitative estimate of drug-likeness (QED) is 0.676. The molecule has 1 aliphatic rings. The van der Waals surface area contributed by atoms with Crippen molar-refractivity contribution in [1.82, 2.24) is 10.6 Å². The lowest BCUT2D eigenvalue weighted by Gasteiger charge is -2.12. The molecule has 0 fully saturated rings. The third-order valence-corrected chi connectivity index (χ3v) is 5.23. The van der Waals surface area contributed by atoms with E-state index in [1.807, 2.05) is 18.2 Å². The molecule has 26 heavy (non-hydrogen) atoms. The van der Waals surface area contributed by atoms with Crippen LogP contribution in [0.2, 0.25) is 0 Å². The number of rotatable bonds is 7. The Kier molecular flexibility index (Phi) is 6.45. The van der Waals surface area contributed by atoms with Crippen molar-refractivity contribution in [2.24, 2.45) is 0 Å². The van der Waals surface area contributed by atoms with Gasteiger partial charge in [-0.15, -0.1) is 0 Å². The van der Waals surface area contributed by atoms with E-state index in [2.05, 4.69) is 44.8 Å². The summed E-state index contributed by atoms with van der Waals surface area (Å²) < 4.78 is 0.880. The second kappa shape index (κ2) is 8.99. The van der Waals surface area contributed by atoms with Gasteiger partial charge in [0.2, 0.25) is 5.91 Å². The van der Waals surface area contributed by atoms with Crippen LogP contribution in [0.15, 0.2) is 53.0 Å². The van der Waals surface area contributed by atoms with E-state index in [1.54, 1.807) is 12.1 Å². The fourth-order valence-corrected chi connectivity index (χ4v) is 3.80. The number of fused-ring (bicyclic) bond motifs is 1. The molecular weight excluding hydrogens is 392 g/mol. The van der Waals surface area contributed by atoms with E-state index in [4.69, 9.17) is 0 Å². The van der Waals surface area contributed by atoms with Gasteiger partial charge in [-0.25, -0.2) is 0 Å². The molecule has 1 aliphatic carbocycles. The fraction of sp³-hybridized carbons (Fsp3) is 0.333. The number of amides is 2. The molecule has 1 unspecified atom stereocenters. The summed E-state index contributed by atoms with van der Waals surface area (Å²) in [6, 6.07) is 15.7. The minimum Gasteiger partial charge on any atom is -0.356 e. The van der Waals surface area contributed by atoms with Gasteiger partial charge in [0.05, 0.1) is 0 Å². The third-order valence-electron chi connectivity index (χ3n) is 4.74. The minimum atomic E-state index is -0.0970. The molecule has 0 heterocycles. The van der Waals surface area contributed by atoms with Crippen LogP contribution in [-0.2, 0) is 11.2 Å². The van der Waals surface area contributed by atoms with Crippen molar-refractivity contribution in [2.75, 3.05) is 13.1 Å². The van der Waals surface area contributed by atoms with E-state index in [-0.39, 0.29) is 11.8 Å². The number of hydrogen-bond acceptors (Lipinski definition) is 2. The summed E-state index contributed by atoms with van der Waals surface area (Å²) in [5.74, 6) is 0.327. The van der Waals surface area contributed by atoms with E-state index in [0.29, 0.717) is 37.4 Å². The first-order chi connectivity index (χ1) is 12.6. The van der Waals surface area contributed by atoms with Gasteiger partial charge in [0, 0.05) is 29.5 Å². The van der Waals surface area contributed by atoms with Crippen LogP contribution < -0.4 is 10.6 Å². The van der Waals surface area contributed by atoms with Crippen molar-refractivity contribution >= 4 is 27.7 Å². The summed E-state index contributed by atoms with van der Waals surface area (Å²) >= 11 is 3.36. The highest BCUT2D eigenvalue weighted by Gasteiger charge is 2.23. The highest BCUT2D eigenvalue weighted by atomic mass is 79.9. The van der Waals surface area contributed by atoms with Gasteiger partial charge in [0.25, 0.3) is 5.91 Å². The number of nitrogens with one attached hydrogen (secondary N) is 2. The molecule has 0 bridgehead atoms. The Morgan fingerprint density at radius 2 is 1.85 bits per heavy atom. The topological polar surface area (TPSA) is 58.2 Å². The maximum absolute atomic E-state index is 12.2. The molecule has 0 aromatic heterocycles. The van der Waals surface area contributed by atoms with Crippen molar-refractivity contribution in [3.8, 4) is 0 Å². The Balaban J connectivity index is 1.34. The molecule has 0 saturated carbocycles. The van der Waals surface area contributed by atoms with Gasteiger partial charge < -0.3 is 10.6 Å². The Morgan fingerprint density at radius 1 is 1.04 bits per heavy atom. The maximum atomic E-state index is 12.2. The first-order valence-electron chi connectivity index (χ1n) is 9.02. The Bertz CT molecular complexity index is 791. The van der Waals surface area contributed by atoms with Crippen LogP contribution in [0.1, 0.15) is 46.7 Å². The van der Waals surface area contributed by atoms with Crippen LogP contribution in [0, 0.1) is 0 Å². The molecule has 0 aliphatic heterocycles. The van der Waals surface area contributed by atoms with Gasteiger partial charge in [0.1, 0.15) is 0 Å².